The van der Waals surface area contributed by atoms with Crippen molar-refractivity contribution in [3.63, 3.8) is 0 Å². The topological polar surface area (TPSA) is 102 Å². The van der Waals surface area contributed by atoms with Crippen LogP contribution in [0.2, 0.25) is 0 Å². The highest BCUT2D eigenvalue weighted by molar-refractivity contribution is 5.96. The van der Waals surface area contributed by atoms with E-state index in [9.17, 15) is 9.59 Å². The average Bonchev–Trinajstić information content (AvgIpc) is 3.29. The second-order valence-electron chi connectivity index (χ2n) is 6.38. The molecule has 0 unspecified atom stereocenters. The third-order valence-corrected chi connectivity index (χ3v) is 4.39. The van der Waals surface area contributed by atoms with Crippen LogP contribution in [-0.2, 0) is 9.59 Å². The molecule has 8 heteroatoms. The Labute approximate surface area is 146 Å². The van der Waals surface area contributed by atoms with Crippen LogP contribution in [0.25, 0.3) is 5.82 Å². The third kappa shape index (κ3) is 4.62. The van der Waals surface area contributed by atoms with E-state index in [-0.39, 0.29) is 11.8 Å². The lowest BCUT2D eigenvalue weighted by molar-refractivity contribution is -0.126. The number of carbonyl (C=O) groups is 2. The molecule has 0 radical (unpaired) electrons. The lowest BCUT2D eigenvalue weighted by Crippen LogP contribution is -2.42. The number of carbonyl (C=O) groups excluding carboxylic acids is 2. The molecule has 3 rings (SSSR count). The Kier molecular flexibility index (Phi) is 5.37. The summed E-state index contributed by atoms with van der Waals surface area (Å²) < 4.78 is 1.53. The van der Waals surface area contributed by atoms with Gasteiger partial charge in [-0.1, -0.05) is 12.8 Å². The molecule has 0 aromatic carbocycles. The van der Waals surface area contributed by atoms with Crippen LogP contribution in [0.15, 0.2) is 31.0 Å². The van der Waals surface area contributed by atoms with Gasteiger partial charge in [-0.25, -0.2) is 14.6 Å². The van der Waals surface area contributed by atoms with Gasteiger partial charge in [0, 0.05) is 6.42 Å². The van der Waals surface area contributed by atoms with E-state index in [1.165, 1.54) is 23.9 Å². The molecule has 1 fully saturated rings. The molecule has 0 saturated heterocycles. The van der Waals surface area contributed by atoms with Crippen LogP contribution in [-0.4, -0.2) is 37.6 Å². The third-order valence-electron chi connectivity index (χ3n) is 4.39. The van der Waals surface area contributed by atoms with Gasteiger partial charge in [-0.2, -0.15) is 5.10 Å². The van der Waals surface area contributed by atoms with E-state index in [4.69, 9.17) is 0 Å². The van der Waals surface area contributed by atoms with Crippen molar-refractivity contribution in [2.24, 2.45) is 5.92 Å². The molecule has 0 aliphatic heterocycles. The molecule has 132 valence electrons. The Morgan fingerprint density at radius 3 is 2.76 bits per heavy atom. The molecule has 1 atom stereocenters. The first-order valence-corrected chi connectivity index (χ1v) is 8.53. The molecule has 1 aliphatic carbocycles. The standard InChI is InChI=1S/C17H22N6O2/c1-12(21-16(24)8-13-4-2-3-5-13)17(25)22-14-6-7-15(19-9-14)23-11-18-10-20-23/h6-7,9-13H,2-5,8H2,1H3,(H,21,24)(H,22,25)/t12-/m0/s1. The lowest BCUT2D eigenvalue weighted by Gasteiger charge is -2.15. The molecule has 2 N–H and O–H groups in total. The lowest BCUT2D eigenvalue weighted by atomic mass is 10.0. The average molecular weight is 342 g/mol. The summed E-state index contributed by atoms with van der Waals surface area (Å²) in [4.78, 5) is 32.3. The highest BCUT2D eigenvalue weighted by Crippen LogP contribution is 2.27. The maximum Gasteiger partial charge on any atom is 0.246 e. The Balaban J connectivity index is 1.49. The number of anilines is 1. The molecule has 0 bridgehead atoms. The minimum absolute atomic E-state index is 0.0609. The summed E-state index contributed by atoms with van der Waals surface area (Å²) in [7, 11) is 0. The predicted molar refractivity (Wildman–Crippen MR) is 92.0 cm³/mol. The number of hydrogen-bond donors (Lipinski definition) is 2. The van der Waals surface area contributed by atoms with Crippen molar-refractivity contribution >= 4 is 17.5 Å². The Morgan fingerprint density at radius 1 is 1.32 bits per heavy atom. The monoisotopic (exact) mass is 342 g/mol. The minimum Gasteiger partial charge on any atom is -0.345 e. The van der Waals surface area contributed by atoms with E-state index < -0.39 is 6.04 Å². The minimum atomic E-state index is -0.594. The first kappa shape index (κ1) is 17.1. The van der Waals surface area contributed by atoms with E-state index in [1.807, 2.05) is 0 Å². The Hall–Kier alpha value is -2.77. The van der Waals surface area contributed by atoms with Crippen LogP contribution < -0.4 is 10.6 Å². The summed E-state index contributed by atoms with van der Waals surface area (Å²) in [6, 6.07) is 2.87. The summed E-state index contributed by atoms with van der Waals surface area (Å²) in [6.45, 7) is 1.68. The van der Waals surface area contributed by atoms with E-state index in [2.05, 4.69) is 25.7 Å². The summed E-state index contributed by atoms with van der Waals surface area (Å²) in [5.41, 5.74) is 0.561. The smallest absolute Gasteiger partial charge is 0.246 e. The number of rotatable bonds is 6. The van der Waals surface area contributed by atoms with Gasteiger partial charge in [-0.3, -0.25) is 9.59 Å². The number of pyridine rings is 1. The van der Waals surface area contributed by atoms with Gasteiger partial charge < -0.3 is 10.6 Å². The van der Waals surface area contributed by atoms with Gasteiger partial charge in [0.05, 0.1) is 11.9 Å². The number of hydrogen-bond acceptors (Lipinski definition) is 5. The van der Waals surface area contributed by atoms with Crippen molar-refractivity contribution in [2.45, 2.75) is 45.1 Å². The summed E-state index contributed by atoms with van der Waals surface area (Å²) in [5, 5.41) is 9.51. The van der Waals surface area contributed by atoms with E-state index in [0.717, 1.165) is 12.8 Å². The van der Waals surface area contributed by atoms with Crippen LogP contribution in [0.1, 0.15) is 39.0 Å². The largest absolute Gasteiger partial charge is 0.345 e. The van der Waals surface area contributed by atoms with Crippen LogP contribution in [0.3, 0.4) is 0 Å². The van der Waals surface area contributed by atoms with E-state index in [1.54, 1.807) is 31.6 Å². The van der Waals surface area contributed by atoms with E-state index >= 15 is 0 Å². The van der Waals surface area contributed by atoms with Crippen LogP contribution in [0.4, 0.5) is 5.69 Å². The second-order valence-corrected chi connectivity index (χ2v) is 6.38. The Bertz CT molecular complexity index is 707. The molecule has 0 spiro atoms. The molecule has 2 heterocycles. The summed E-state index contributed by atoms with van der Waals surface area (Å²) in [5.74, 6) is 0.737. The van der Waals surface area contributed by atoms with Crippen molar-refractivity contribution in [1.29, 1.82) is 0 Å². The molecule has 2 aromatic heterocycles. The van der Waals surface area contributed by atoms with E-state index in [0.29, 0.717) is 23.8 Å². The summed E-state index contributed by atoms with van der Waals surface area (Å²) in [6.07, 6.45) is 9.64. The first-order valence-electron chi connectivity index (χ1n) is 8.53. The summed E-state index contributed by atoms with van der Waals surface area (Å²) >= 11 is 0. The highest BCUT2D eigenvalue weighted by Gasteiger charge is 2.21. The van der Waals surface area contributed by atoms with Crippen molar-refractivity contribution < 1.29 is 9.59 Å². The van der Waals surface area contributed by atoms with Gasteiger partial charge in [-0.05, 0) is 37.8 Å². The quantitative estimate of drug-likeness (QED) is 0.832. The zero-order valence-electron chi connectivity index (χ0n) is 14.2. The van der Waals surface area contributed by atoms with Crippen molar-refractivity contribution in [3.05, 3.63) is 31.0 Å². The molecular weight excluding hydrogens is 320 g/mol. The number of amides is 2. The fourth-order valence-corrected chi connectivity index (χ4v) is 3.02. The molecule has 8 nitrogen and oxygen atoms in total. The van der Waals surface area contributed by atoms with Crippen molar-refractivity contribution in [2.75, 3.05) is 5.32 Å². The number of nitrogens with one attached hydrogen (secondary N) is 2. The molecular formula is C17H22N6O2. The zero-order valence-corrected chi connectivity index (χ0v) is 14.2. The highest BCUT2D eigenvalue weighted by atomic mass is 16.2. The van der Waals surface area contributed by atoms with Crippen LogP contribution >= 0.6 is 0 Å². The molecule has 1 aliphatic rings. The van der Waals surface area contributed by atoms with Crippen molar-refractivity contribution in [1.82, 2.24) is 25.1 Å². The maximum absolute atomic E-state index is 12.2. The molecule has 25 heavy (non-hydrogen) atoms. The first-order chi connectivity index (χ1) is 12.1. The Morgan fingerprint density at radius 2 is 2.12 bits per heavy atom. The second kappa shape index (κ2) is 7.87. The molecule has 1 saturated carbocycles. The normalized spacial score (nSPS) is 15.7. The fourth-order valence-electron chi connectivity index (χ4n) is 3.02. The molecule has 2 amide bonds. The zero-order chi connectivity index (χ0) is 17.6. The number of nitrogens with zero attached hydrogens (tertiary/aromatic N) is 4. The van der Waals surface area contributed by atoms with Gasteiger partial charge in [0.1, 0.15) is 18.7 Å². The van der Waals surface area contributed by atoms with Crippen LogP contribution in [0.5, 0.6) is 0 Å². The van der Waals surface area contributed by atoms with Gasteiger partial charge in [0.25, 0.3) is 0 Å². The van der Waals surface area contributed by atoms with Gasteiger partial charge in [0.2, 0.25) is 11.8 Å². The number of aromatic nitrogens is 4. The molecule has 2 aromatic rings. The van der Waals surface area contributed by atoms with Gasteiger partial charge in [-0.15, -0.1) is 0 Å². The maximum atomic E-state index is 12.2. The van der Waals surface area contributed by atoms with Gasteiger partial charge in [0.15, 0.2) is 5.82 Å². The fraction of sp³-hybridized carbons (Fsp3) is 0.471. The van der Waals surface area contributed by atoms with Crippen LogP contribution in [0, 0.1) is 5.92 Å². The van der Waals surface area contributed by atoms with Crippen molar-refractivity contribution in [3.8, 4) is 5.82 Å². The predicted octanol–water partition coefficient (Wildman–Crippen LogP) is 1.69. The van der Waals surface area contributed by atoms with Gasteiger partial charge >= 0.3 is 0 Å². The SMILES string of the molecule is C[C@H](NC(=O)CC1CCCC1)C(=O)Nc1ccc(-n2cncn2)nc1.